The summed E-state index contributed by atoms with van der Waals surface area (Å²) in [5, 5.41) is 33.1. The van der Waals surface area contributed by atoms with Gasteiger partial charge in [0, 0.05) is 31.3 Å². The number of hydrogen-bond acceptors (Lipinski definition) is 13. The van der Waals surface area contributed by atoms with Crippen molar-refractivity contribution in [3.8, 4) is 0 Å². The number of fused-ring (bicyclic) bond motifs is 6. The van der Waals surface area contributed by atoms with Gasteiger partial charge in [0.1, 0.15) is 6.10 Å². The highest BCUT2D eigenvalue weighted by Gasteiger charge is 2.57. The number of cyclic esters (lactones) is 1. The van der Waals surface area contributed by atoms with E-state index in [0.717, 1.165) is 25.3 Å². The van der Waals surface area contributed by atoms with Gasteiger partial charge in [0.2, 0.25) is 5.79 Å². The maximum atomic E-state index is 12.8. The smallest absolute Gasteiger partial charge is 0.330 e. The lowest BCUT2D eigenvalue weighted by Gasteiger charge is -2.50. The predicted molar refractivity (Wildman–Crippen MR) is 156 cm³/mol. The van der Waals surface area contributed by atoms with Crippen LogP contribution in [0.3, 0.4) is 0 Å². The van der Waals surface area contributed by atoms with E-state index in [2.05, 4.69) is 0 Å². The lowest BCUT2D eigenvalue weighted by Crippen LogP contribution is -2.62. The van der Waals surface area contributed by atoms with Gasteiger partial charge in [-0.1, -0.05) is 19.9 Å². The first-order valence-electron chi connectivity index (χ1n) is 15.8. The van der Waals surface area contributed by atoms with Crippen LogP contribution in [0.1, 0.15) is 78.6 Å². The number of methoxy groups -OCH3 is 1. The Morgan fingerprint density at radius 2 is 1.76 bits per heavy atom. The highest BCUT2D eigenvalue weighted by atomic mass is 16.7. The summed E-state index contributed by atoms with van der Waals surface area (Å²) in [6.07, 6.45) is 2.69. The van der Waals surface area contributed by atoms with E-state index >= 15 is 0 Å². The maximum Gasteiger partial charge on any atom is 0.330 e. The van der Waals surface area contributed by atoms with Crippen molar-refractivity contribution in [1.82, 2.24) is 0 Å². The molecule has 45 heavy (non-hydrogen) atoms. The minimum Gasteiger partial charge on any atom is -0.466 e. The van der Waals surface area contributed by atoms with Crippen molar-refractivity contribution in [3.63, 3.8) is 0 Å². The standard InChI is InChI=1S/C32H48O13/c1-19(34)41-30-20(13-27(36)39-4)12-25-17-26(18-33)43-28(37)15-21(35)14-22-6-5-7-23(42-22)16-24-9-11-40-29(44-24)8-10-31(2,3)32(30,38)45-25/h8,10,13,21-26,29-30,33,35,38H,5-7,9,11-12,14-18H2,1-4H3/b10-8+,20-13+/t21-,22+,23-,24+,25+,26-,29+,30+,32-/m1/s1. The zero-order valence-electron chi connectivity index (χ0n) is 26.6. The summed E-state index contributed by atoms with van der Waals surface area (Å²) in [5.74, 6) is -4.39. The number of rotatable bonds is 3. The molecular formula is C32H48O13. The zero-order chi connectivity index (χ0) is 32.8. The molecule has 3 fully saturated rings. The van der Waals surface area contributed by atoms with E-state index in [4.69, 9.17) is 33.2 Å². The number of carbonyl (C=O) groups is 3. The monoisotopic (exact) mass is 640 g/mol. The summed E-state index contributed by atoms with van der Waals surface area (Å²) in [6.45, 7) is 4.41. The third-order valence-corrected chi connectivity index (χ3v) is 8.86. The average molecular weight is 641 g/mol. The van der Waals surface area contributed by atoms with Crippen LogP contribution in [0.2, 0.25) is 0 Å². The van der Waals surface area contributed by atoms with Crippen LogP contribution in [0.5, 0.6) is 0 Å². The minimum absolute atomic E-state index is 0.0114. The third kappa shape index (κ3) is 9.34. The number of aliphatic hydroxyl groups is 3. The fraction of sp³-hybridized carbons (Fsp3) is 0.781. The first-order chi connectivity index (χ1) is 21.3. The Bertz CT molecular complexity index is 1100. The fourth-order valence-corrected chi connectivity index (χ4v) is 6.48. The van der Waals surface area contributed by atoms with E-state index < -0.39 is 66.4 Å². The van der Waals surface area contributed by atoms with Crippen LogP contribution >= 0.6 is 0 Å². The van der Waals surface area contributed by atoms with Crippen molar-refractivity contribution in [2.24, 2.45) is 5.41 Å². The quantitative estimate of drug-likeness (QED) is 0.177. The zero-order valence-corrected chi connectivity index (χ0v) is 26.6. The Morgan fingerprint density at radius 3 is 2.44 bits per heavy atom. The van der Waals surface area contributed by atoms with Gasteiger partial charge in [0.05, 0.1) is 57.3 Å². The molecule has 4 aliphatic heterocycles. The minimum atomic E-state index is -2.24. The largest absolute Gasteiger partial charge is 0.466 e. The summed E-state index contributed by atoms with van der Waals surface area (Å²) >= 11 is 0. The van der Waals surface area contributed by atoms with E-state index in [1.165, 1.54) is 14.0 Å². The summed E-state index contributed by atoms with van der Waals surface area (Å²) in [5.41, 5.74) is -1.06. The van der Waals surface area contributed by atoms with Gasteiger partial charge in [-0.25, -0.2) is 4.79 Å². The van der Waals surface area contributed by atoms with Crippen molar-refractivity contribution < 1.29 is 62.9 Å². The molecule has 4 rings (SSSR count). The van der Waals surface area contributed by atoms with Crippen LogP contribution in [-0.2, 0) is 47.5 Å². The lowest BCUT2D eigenvalue weighted by molar-refractivity contribution is -0.327. The van der Waals surface area contributed by atoms with Gasteiger partial charge in [0.15, 0.2) is 12.4 Å². The SMILES string of the molecule is COC(=O)/C=C1\C[C@H]2C[C@H](CO)OC(=O)C[C@H](O)C[C@@H]3CCC[C@H](C[C@@H]4CCO[C@H](/C=C/C(C)(C)[C@](O)(O2)[C@H]1OC(C)=O)O4)O3. The van der Waals surface area contributed by atoms with Crippen LogP contribution in [0.25, 0.3) is 0 Å². The Hall–Kier alpha value is -2.39. The van der Waals surface area contributed by atoms with Gasteiger partial charge >= 0.3 is 17.9 Å². The van der Waals surface area contributed by atoms with Crippen LogP contribution in [0, 0.1) is 5.41 Å². The molecule has 0 aromatic carbocycles. The Morgan fingerprint density at radius 1 is 1.04 bits per heavy atom. The maximum absolute atomic E-state index is 12.8. The van der Waals surface area contributed by atoms with E-state index in [-0.39, 0.29) is 49.6 Å². The number of ether oxygens (including phenoxy) is 7. The molecule has 13 nitrogen and oxygen atoms in total. The molecule has 3 saturated heterocycles. The molecule has 4 heterocycles. The molecule has 0 spiro atoms. The van der Waals surface area contributed by atoms with Gasteiger partial charge in [-0.15, -0.1) is 0 Å². The van der Waals surface area contributed by atoms with Crippen molar-refractivity contribution in [2.45, 2.75) is 133 Å². The number of carbonyl (C=O) groups excluding carboxylic acids is 3. The molecule has 0 saturated carbocycles. The van der Waals surface area contributed by atoms with E-state index in [1.54, 1.807) is 26.0 Å². The highest BCUT2D eigenvalue weighted by Crippen LogP contribution is 2.46. The molecule has 0 amide bonds. The van der Waals surface area contributed by atoms with Crippen LogP contribution in [-0.4, -0.2) is 108 Å². The average Bonchev–Trinajstić information content (AvgIpc) is 2.97. The number of aliphatic hydroxyl groups excluding tert-OH is 2. The summed E-state index contributed by atoms with van der Waals surface area (Å²) < 4.78 is 40.5. The molecule has 0 radical (unpaired) electrons. The van der Waals surface area contributed by atoms with Crippen LogP contribution < -0.4 is 0 Å². The van der Waals surface area contributed by atoms with Gasteiger partial charge < -0.3 is 48.5 Å². The van der Waals surface area contributed by atoms with Crippen molar-refractivity contribution in [1.29, 1.82) is 0 Å². The number of esters is 3. The molecule has 9 atom stereocenters. The lowest BCUT2D eigenvalue weighted by atomic mass is 9.74. The summed E-state index contributed by atoms with van der Waals surface area (Å²) in [6, 6.07) is 0. The Balaban J connectivity index is 1.70. The van der Waals surface area contributed by atoms with E-state index in [9.17, 15) is 29.7 Å². The van der Waals surface area contributed by atoms with Crippen LogP contribution in [0.15, 0.2) is 23.8 Å². The highest BCUT2D eigenvalue weighted by molar-refractivity contribution is 5.83. The van der Waals surface area contributed by atoms with E-state index in [1.807, 2.05) is 0 Å². The van der Waals surface area contributed by atoms with Crippen LogP contribution in [0.4, 0.5) is 0 Å². The Labute approximate surface area is 263 Å². The molecule has 0 aromatic rings. The van der Waals surface area contributed by atoms with Gasteiger partial charge in [-0.3, -0.25) is 9.59 Å². The first kappa shape index (κ1) is 35.5. The summed E-state index contributed by atoms with van der Waals surface area (Å²) in [7, 11) is 1.20. The molecule has 4 aliphatic rings. The molecule has 13 heteroatoms. The van der Waals surface area contributed by atoms with Crippen molar-refractivity contribution in [2.75, 3.05) is 20.3 Å². The van der Waals surface area contributed by atoms with Crippen molar-refractivity contribution in [3.05, 3.63) is 23.8 Å². The molecule has 254 valence electrons. The normalized spacial score (nSPS) is 39.6. The molecule has 3 N–H and O–H groups in total. The van der Waals surface area contributed by atoms with Crippen molar-refractivity contribution >= 4 is 17.9 Å². The molecule has 0 unspecified atom stereocenters. The summed E-state index contributed by atoms with van der Waals surface area (Å²) in [4.78, 5) is 37.4. The van der Waals surface area contributed by atoms with E-state index in [0.29, 0.717) is 19.4 Å². The fourth-order valence-electron chi connectivity index (χ4n) is 6.48. The molecule has 0 aliphatic carbocycles. The topological polar surface area (TPSA) is 177 Å². The Kier molecular flexibility index (Phi) is 12.2. The molecule has 0 aromatic heterocycles. The molecular weight excluding hydrogens is 592 g/mol. The first-order valence-corrected chi connectivity index (χ1v) is 15.8. The second kappa shape index (κ2) is 15.5. The van der Waals surface area contributed by atoms with Gasteiger partial charge in [-0.2, -0.15) is 0 Å². The number of hydrogen-bond donors (Lipinski definition) is 3. The second-order valence-electron chi connectivity index (χ2n) is 12.9. The molecule has 6 bridgehead atoms. The van der Waals surface area contributed by atoms with Gasteiger partial charge in [0.25, 0.3) is 0 Å². The van der Waals surface area contributed by atoms with Gasteiger partial charge in [-0.05, 0) is 50.2 Å². The predicted octanol–water partition coefficient (Wildman–Crippen LogP) is 1.99. The second-order valence-corrected chi connectivity index (χ2v) is 12.9. The third-order valence-electron chi connectivity index (χ3n) is 8.86.